The smallest absolute Gasteiger partial charge is 0.335 e. The van der Waals surface area contributed by atoms with Gasteiger partial charge in [-0.15, -0.1) is 4.41 Å². The van der Waals surface area contributed by atoms with Crippen molar-refractivity contribution < 1.29 is 27.3 Å². The third kappa shape index (κ3) is 4.19. The predicted molar refractivity (Wildman–Crippen MR) is 95.0 cm³/mol. The van der Waals surface area contributed by atoms with E-state index < -0.39 is 28.6 Å². The number of amides is 2. The normalized spacial score (nSPS) is 11.1. The van der Waals surface area contributed by atoms with Crippen molar-refractivity contribution in [1.82, 2.24) is 10.2 Å². The van der Waals surface area contributed by atoms with Gasteiger partial charge in [0.15, 0.2) is 0 Å². The van der Waals surface area contributed by atoms with Crippen molar-refractivity contribution in [1.29, 1.82) is 0 Å². The van der Waals surface area contributed by atoms with Crippen LogP contribution in [0.4, 0.5) is 10.7 Å². The minimum absolute atomic E-state index is 0.0529. The van der Waals surface area contributed by atoms with Crippen LogP contribution in [0.1, 0.15) is 18.2 Å². The average Bonchev–Trinajstić information content (AvgIpc) is 2.94. The number of rotatable bonds is 7. The Labute approximate surface area is 156 Å². The fourth-order valence-corrected chi connectivity index (χ4v) is 3.67. The summed E-state index contributed by atoms with van der Waals surface area (Å²) < 4.78 is 36.9. The highest BCUT2D eigenvalue weighted by molar-refractivity contribution is 7.92. The maximum absolute atomic E-state index is 13.2. The number of primary amides is 1. The van der Waals surface area contributed by atoms with Gasteiger partial charge < -0.3 is 15.0 Å². The third-order valence-electron chi connectivity index (χ3n) is 3.63. The van der Waals surface area contributed by atoms with Gasteiger partial charge in [-0.1, -0.05) is 23.4 Å². The SMILES string of the molecule is CCOC(=O)CN(C(N)=O)N(c1onc(C)c1C)S(=O)(=O)c1ccccc1. The van der Waals surface area contributed by atoms with Crippen molar-refractivity contribution >= 4 is 27.9 Å². The number of benzene rings is 1. The molecule has 11 heteroatoms. The summed E-state index contributed by atoms with van der Waals surface area (Å²) in [6.45, 7) is 4.08. The highest BCUT2D eigenvalue weighted by Crippen LogP contribution is 2.30. The molecule has 0 radical (unpaired) electrons. The number of aryl methyl sites for hydroxylation is 1. The van der Waals surface area contributed by atoms with Crippen molar-refractivity contribution in [2.45, 2.75) is 25.7 Å². The van der Waals surface area contributed by atoms with E-state index in [0.717, 1.165) is 0 Å². The van der Waals surface area contributed by atoms with Crippen LogP contribution in [0, 0.1) is 13.8 Å². The van der Waals surface area contributed by atoms with Gasteiger partial charge in [0.05, 0.1) is 17.2 Å². The van der Waals surface area contributed by atoms with E-state index in [1.165, 1.54) is 24.3 Å². The summed E-state index contributed by atoms with van der Waals surface area (Å²) in [7, 11) is -4.35. The standard InChI is InChI=1S/C16H20N4O6S/c1-4-25-14(21)10-19(16(17)22)20(15-11(2)12(3)18-26-15)27(23,24)13-8-6-5-7-9-13/h5-9H,4,10H2,1-3H3,(H2,17,22). The number of esters is 1. The van der Waals surface area contributed by atoms with Gasteiger partial charge in [-0.3, -0.25) is 4.79 Å². The molecule has 27 heavy (non-hydrogen) atoms. The molecule has 2 N–H and O–H groups in total. The molecule has 0 fully saturated rings. The van der Waals surface area contributed by atoms with Crippen LogP contribution in [-0.4, -0.2) is 43.7 Å². The minimum atomic E-state index is -4.35. The minimum Gasteiger partial charge on any atom is -0.465 e. The highest BCUT2D eigenvalue weighted by atomic mass is 32.2. The van der Waals surface area contributed by atoms with E-state index in [2.05, 4.69) is 5.16 Å². The topological polar surface area (TPSA) is 136 Å². The number of ether oxygens (including phenoxy) is 1. The molecule has 0 bridgehead atoms. The Bertz CT molecular complexity index is 926. The summed E-state index contributed by atoms with van der Waals surface area (Å²) >= 11 is 0. The first-order chi connectivity index (χ1) is 12.7. The highest BCUT2D eigenvalue weighted by Gasteiger charge is 2.38. The first kappa shape index (κ1) is 20.2. The van der Waals surface area contributed by atoms with Crippen LogP contribution in [0.15, 0.2) is 39.8 Å². The van der Waals surface area contributed by atoms with Crippen LogP contribution >= 0.6 is 0 Å². The van der Waals surface area contributed by atoms with Crippen molar-refractivity contribution in [2.24, 2.45) is 5.73 Å². The number of nitrogens with zero attached hydrogens (tertiary/aromatic N) is 3. The molecule has 2 rings (SSSR count). The van der Waals surface area contributed by atoms with Gasteiger partial charge in [0.25, 0.3) is 15.9 Å². The molecule has 0 saturated carbocycles. The number of hydrazine groups is 1. The Morgan fingerprint density at radius 3 is 2.33 bits per heavy atom. The molecule has 0 spiro atoms. The van der Waals surface area contributed by atoms with Gasteiger partial charge in [0.1, 0.15) is 6.54 Å². The molecule has 10 nitrogen and oxygen atoms in total. The molecule has 0 aliphatic heterocycles. The molecule has 0 unspecified atom stereocenters. The summed E-state index contributed by atoms with van der Waals surface area (Å²) in [4.78, 5) is 23.8. The van der Waals surface area contributed by atoms with Crippen LogP contribution in [-0.2, 0) is 19.6 Å². The lowest BCUT2D eigenvalue weighted by Gasteiger charge is -2.31. The zero-order valence-corrected chi connectivity index (χ0v) is 15.9. The molecule has 0 aliphatic carbocycles. The van der Waals surface area contributed by atoms with Crippen LogP contribution in [0.2, 0.25) is 0 Å². The van der Waals surface area contributed by atoms with Crippen molar-refractivity contribution in [3.05, 3.63) is 41.6 Å². The Balaban J connectivity index is 2.63. The Morgan fingerprint density at radius 1 is 1.22 bits per heavy atom. The summed E-state index contributed by atoms with van der Waals surface area (Å²) in [6, 6.07) is 6.16. The number of hydrogen-bond acceptors (Lipinski definition) is 7. The van der Waals surface area contributed by atoms with Gasteiger partial charge in [0, 0.05) is 5.56 Å². The number of nitrogens with two attached hydrogens (primary N) is 1. The number of urea groups is 1. The van der Waals surface area contributed by atoms with E-state index in [1.54, 1.807) is 26.8 Å². The quantitative estimate of drug-likeness (QED) is 0.551. The Kier molecular flexibility index (Phi) is 6.05. The van der Waals surface area contributed by atoms with Crippen LogP contribution in [0.3, 0.4) is 0 Å². The maximum atomic E-state index is 13.2. The lowest BCUT2D eigenvalue weighted by atomic mass is 10.3. The molecule has 0 aliphatic rings. The molecule has 0 atom stereocenters. The van der Waals surface area contributed by atoms with Crippen LogP contribution in [0.25, 0.3) is 0 Å². The Morgan fingerprint density at radius 2 is 1.85 bits per heavy atom. The van der Waals surface area contributed by atoms with Gasteiger partial charge in [0.2, 0.25) is 0 Å². The zero-order chi connectivity index (χ0) is 20.2. The molecule has 2 aromatic rings. The third-order valence-corrected chi connectivity index (χ3v) is 5.32. The number of carbonyl (C=O) groups is 2. The van der Waals surface area contributed by atoms with E-state index >= 15 is 0 Å². The molecule has 1 aromatic carbocycles. The van der Waals surface area contributed by atoms with Crippen LogP contribution in [0.5, 0.6) is 0 Å². The lowest BCUT2D eigenvalue weighted by Crippen LogP contribution is -2.54. The summed E-state index contributed by atoms with van der Waals surface area (Å²) in [5, 5.41) is 4.26. The molecular formula is C16H20N4O6S. The zero-order valence-electron chi connectivity index (χ0n) is 15.1. The number of anilines is 1. The maximum Gasteiger partial charge on any atom is 0.335 e. The van der Waals surface area contributed by atoms with E-state index in [-0.39, 0.29) is 17.4 Å². The fraction of sp³-hybridized carbons (Fsp3) is 0.312. The molecule has 0 saturated heterocycles. The molecule has 1 heterocycles. The number of sulfonamides is 1. The van der Waals surface area contributed by atoms with Crippen molar-refractivity contribution in [3.8, 4) is 0 Å². The number of hydrogen-bond donors (Lipinski definition) is 1. The summed E-state index contributed by atoms with van der Waals surface area (Å²) in [5.41, 5.74) is 6.14. The first-order valence-corrected chi connectivity index (χ1v) is 9.39. The van der Waals surface area contributed by atoms with E-state index in [4.69, 9.17) is 15.0 Å². The van der Waals surface area contributed by atoms with E-state index in [9.17, 15) is 18.0 Å². The van der Waals surface area contributed by atoms with Crippen LogP contribution < -0.4 is 10.1 Å². The average molecular weight is 396 g/mol. The van der Waals surface area contributed by atoms with Gasteiger partial charge in [-0.05, 0) is 32.9 Å². The molecular weight excluding hydrogens is 376 g/mol. The van der Waals surface area contributed by atoms with Gasteiger partial charge >= 0.3 is 12.0 Å². The molecule has 2 amide bonds. The number of carbonyl (C=O) groups excluding carboxylic acids is 2. The van der Waals surface area contributed by atoms with Gasteiger partial charge in [-0.25, -0.2) is 9.80 Å². The van der Waals surface area contributed by atoms with Crippen molar-refractivity contribution in [2.75, 3.05) is 17.6 Å². The molecule has 1 aromatic heterocycles. The summed E-state index contributed by atoms with van der Waals surface area (Å²) in [5.74, 6) is -1.09. The second kappa shape index (κ2) is 8.08. The fourth-order valence-electron chi connectivity index (χ4n) is 2.18. The summed E-state index contributed by atoms with van der Waals surface area (Å²) in [6.07, 6.45) is 0. The van der Waals surface area contributed by atoms with Crippen molar-refractivity contribution in [3.63, 3.8) is 0 Å². The van der Waals surface area contributed by atoms with E-state index in [0.29, 0.717) is 20.7 Å². The first-order valence-electron chi connectivity index (χ1n) is 7.95. The second-order valence-electron chi connectivity index (χ2n) is 5.46. The lowest BCUT2D eigenvalue weighted by molar-refractivity contribution is -0.143. The van der Waals surface area contributed by atoms with Gasteiger partial charge in [-0.2, -0.15) is 8.42 Å². The van der Waals surface area contributed by atoms with E-state index in [1.807, 2.05) is 0 Å². The second-order valence-corrected chi connectivity index (χ2v) is 7.23. The predicted octanol–water partition coefficient (Wildman–Crippen LogP) is 1.35. The number of aromatic nitrogens is 1. The Hall–Kier alpha value is -3.08. The largest absolute Gasteiger partial charge is 0.465 e. The molecule has 146 valence electrons. The monoisotopic (exact) mass is 396 g/mol.